The van der Waals surface area contributed by atoms with E-state index in [1.54, 1.807) is 18.2 Å². The molecular weight excluding hydrogens is 419 g/mol. The molecule has 1 spiro atoms. The van der Waals surface area contributed by atoms with Gasteiger partial charge in [-0.2, -0.15) is 5.26 Å². The number of esters is 1. The van der Waals surface area contributed by atoms with Gasteiger partial charge in [0.15, 0.2) is 0 Å². The third kappa shape index (κ3) is 4.80. The molecule has 3 saturated heterocycles. The lowest BCUT2D eigenvalue weighted by Crippen LogP contribution is -2.51. The average molecular weight is 449 g/mol. The molecule has 3 aliphatic rings. The molecule has 2 bridgehead atoms. The van der Waals surface area contributed by atoms with Crippen molar-refractivity contribution in [1.82, 2.24) is 4.90 Å². The van der Waals surface area contributed by atoms with Gasteiger partial charge in [0, 0.05) is 37.9 Å². The predicted molar refractivity (Wildman–Crippen MR) is 121 cm³/mol. The maximum absolute atomic E-state index is 14.0. The quantitative estimate of drug-likeness (QED) is 0.555. The molecule has 2 aromatic rings. The van der Waals surface area contributed by atoms with Crippen LogP contribution in [0.4, 0.5) is 4.39 Å². The van der Waals surface area contributed by atoms with Gasteiger partial charge in [-0.25, -0.2) is 4.39 Å². The van der Waals surface area contributed by atoms with Gasteiger partial charge < -0.3 is 9.47 Å². The van der Waals surface area contributed by atoms with Gasteiger partial charge in [-0.15, -0.1) is 0 Å². The van der Waals surface area contributed by atoms with Crippen LogP contribution in [0.25, 0.3) is 0 Å². The summed E-state index contributed by atoms with van der Waals surface area (Å²) in [5.41, 5.74) is 2.12. The first-order chi connectivity index (χ1) is 16.0. The summed E-state index contributed by atoms with van der Waals surface area (Å²) >= 11 is 0. The first-order valence-electron chi connectivity index (χ1n) is 11.9. The molecule has 3 atom stereocenters. The van der Waals surface area contributed by atoms with Crippen LogP contribution in [-0.2, 0) is 20.9 Å². The molecule has 5 nitrogen and oxygen atoms in total. The lowest BCUT2D eigenvalue weighted by atomic mass is 9.83. The minimum atomic E-state index is -0.268. The van der Waals surface area contributed by atoms with Crippen LogP contribution in [-0.4, -0.2) is 35.1 Å². The van der Waals surface area contributed by atoms with Crippen molar-refractivity contribution in [3.05, 3.63) is 71.0 Å². The number of nitrogens with zero attached hydrogens (tertiary/aromatic N) is 2. The lowest BCUT2D eigenvalue weighted by Gasteiger charge is -2.44. The second kappa shape index (κ2) is 9.24. The molecule has 3 unspecified atom stereocenters. The summed E-state index contributed by atoms with van der Waals surface area (Å²) in [5, 5.41) is 9.16. The minimum Gasteiger partial charge on any atom is -0.459 e. The monoisotopic (exact) mass is 448 g/mol. The van der Waals surface area contributed by atoms with Crippen LogP contribution in [0.1, 0.15) is 67.7 Å². The Morgan fingerprint density at radius 2 is 1.97 bits per heavy atom. The number of fused-ring (bicyclic) bond motifs is 2. The van der Waals surface area contributed by atoms with E-state index in [4.69, 9.17) is 14.7 Å². The van der Waals surface area contributed by atoms with Crippen LogP contribution >= 0.6 is 0 Å². The molecule has 172 valence electrons. The van der Waals surface area contributed by atoms with E-state index in [2.05, 4.69) is 11.0 Å². The van der Waals surface area contributed by atoms with Crippen LogP contribution in [0.15, 0.2) is 48.5 Å². The Labute approximate surface area is 194 Å². The standard InChI is InChI=1S/C27H29FN2O3/c28-22-6-2-5-21(14-22)25(32-18-20-4-1-3-19(13-20)17-29)10-12-30-23-7-8-24(30)16-27(15-23)11-9-26(31)33-27/h1-6,13-14,23-25H,7-12,15-16,18H2. The molecule has 2 aromatic carbocycles. The zero-order chi connectivity index (χ0) is 22.8. The molecule has 0 N–H and O–H groups in total. The molecule has 5 rings (SSSR count). The molecule has 3 fully saturated rings. The van der Waals surface area contributed by atoms with Crippen molar-refractivity contribution in [3.63, 3.8) is 0 Å². The fourth-order valence-electron chi connectivity index (χ4n) is 5.97. The molecule has 3 aliphatic heterocycles. The zero-order valence-corrected chi connectivity index (χ0v) is 18.7. The molecule has 0 saturated carbocycles. The summed E-state index contributed by atoms with van der Waals surface area (Å²) < 4.78 is 26.0. The summed E-state index contributed by atoms with van der Waals surface area (Å²) in [6, 6.07) is 17.0. The fourth-order valence-corrected chi connectivity index (χ4v) is 5.97. The molecule has 0 aromatic heterocycles. The van der Waals surface area contributed by atoms with Crippen molar-refractivity contribution in [1.29, 1.82) is 5.26 Å². The Kier molecular flexibility index (Phi) is 6.18. The number of benzene rings is 2. The molecule has 0 radical (unpaired) electrons. The highest BCUT2D eigenvalue weighted by Gasteiger charge is 2.52. The van der Waals surface area contributed by atoms with Crippen LogP contribution in [0.5, 0.6) is 0 Å². The molecule has 3 heterocycles. The number of halogens is 1. The van der Waals surface area contributed by atoms with Gasteiger partial charge in [-0.05, 0) is 61.1 Å². The molecule has 6 heteroatoms. The van der Waals surface area contributed by atoms with Gasteiger partial charge in [0.2, 0.25) is 0 Å². The third-order valence-electron chi connectivity index (χ3n) is 7.48. The van der Waals surface area contributed by atoms with E-state index in [-0.39, 0.29) is 23.5 Å². The number of hydrogen-bond donors (Lipinski definition) is 0. The second-order valence-electron chi connectivity index (χ2n) is 9.64. The normalized spacial score (nSPS) is 27.5. The van der Waals surface area contributed by atoms with Gasteiger partial charge in [-0.3, -0.25) is 9.69 Å². The summed E-state index contributed by atoms with van der Waals surface area (Å²) in [6.07, 6.45) is 6.01. The smallest absolute Gasteiger partial charge is 0.306 e. The number of nitriles is 1. The number of carbonyl (C=O) groups excluding carboxylic acids is 1. The van der Waals surface area contributed by atoms with E-state index in [1.165, 1.54) is 6.07 Å². The maximum atomic E-state index is 14.0. The van der Waals surface area contributed by atoms with Crippen molar-refractivity contribution in [3.8, 4) is 6.07 Å². The highest BCUT2D eigenvalue weighted by Crippen LogP contribution is 2.47. The topological polar surface area (TPSA) is 62.6 Å². The van der Waals surface area contributed by atoms with Crippen LogP contribution in [0, 0.1) is 17.1 Å². The molecule has 0 amide bonds. The summed E-state index contributed by atoms with van der Waals surface area (Å²) in [5.74, 6) is -0.321. The second-order valence-corrected chi connectivity index (χ2v) is 9.64. The van der Waals surface area contributed by atoms with Crippen molar-refractivity contribution in [2.24, 2.45) is 0 Å². The van der Waals surface area contributed by atoms with Crippen LogP contribution in [0.2, 0.25) is 0 Å². The number of ether oxygens (including phenoxy) is 2. The molecule has 0 aliphatic carbocycles. The van der Waals surface area contributed by atoms with Gasteiger partial charge in [0.25, 0.3) is 0 Å². The van der Waals surface area contributed by atoms with Crippen LogP contribution < -0.4 is 0 Å². The average Bonchev–Trinajstić information content (AvgIpc) is 3.29. The van der Waals surface area contributed by atoms with E-state index in [0.717, 1.165) is 56.2 Å². The van der Waals surface area contributed by atoms with Crippen molar-refractivity contribution in [2.75, 3.05) is 6.54 Å². The third-order valence-corrected chi connectivity index (χ3v) is 7.48. The van der Waals surface area contributed by atoms with Crippen molar-refractivity contribution < 1.29 is 18.7 Å². The largest absolute Gasteiger partial charge is 0.459 e. The van der Waals surface area contributed by atoms with Gasteiger partial charge in [-0.1, -0.05) is 24.3 Å². The summed E-state index contributed by atoms with van der Waals surface area (Å²) in [4.78, 5) is 14.3. The maximum Gasteiger partial charge on any atom is 0.306 e. The van der Waals surface area contributed by atoms with E-state index in [1.807, 2.05) is 24.3 Å². The van der Waals surface area contributed by atoms with Gasteiger partial charge in [0.1, 0.15) is 11.4 Å². The van der Waals surface area contributed by atoms with Gasteiger partial charge >= 0.3 is 5.97 Å². The Hall–Kier alpha value is -2.75. The number of piperidine rings is 1. The van der Waals surface area contributed by atoms with Crippen LogP contribution in [0.3, 0.4) is 0 Å². The SMILES string of the molecule is N#Cc1cccc(COC(CCN2C3CCC2CC2(CCC(=O)O2)C3)c2cccc(F)c2)c1. The highest BCUT2D eigenvalue weighted by atomic mass is 19.1. The van der Waals surface area contributed by atoms with Crippen molar-refractivity contribution >= 4 is 5.97 Å². The highest BCUT2D eigenvalue weighted by molar-refractivity contribution is 5.72. The van der Waals surface area contributed by atoms with E-state index in [9.17, 15) is 9.18 Å². The van der Waals surface area contributed by atoms with E-state index in [0.29, 0.717) is 30.7 Å². The lowest BCUT2D eigenvalue weighted by molar-refractivity contribution is -0.154. The zero-order valence-electron chi connectivity index (χ0n) is 18.7. The van der Waals surface area contributed by atoms with Gasteiger partial charge in [0.05, 0.1) is 24.3 Å². The van der Waals surface area contributed by atoms with E-state index >= 15 is 0 Å². The Morgan fingerprint density at radius 3 is 2.67 bits per heavy atom. The number of carbonyl (C=O) groups is 1. The Morgan fingerprint density at radius 1 is 1.18 bits per heavy atom. The fraction of sp³-hybridized carbons (Fsp3) is 0.481. The van der Waals surface area contributed by atoms with Crippen molar-refractivity contribution in [2.45, 2.75) is 75.3 Å². The molecular formula is C27H29FN2O3. The number of rotatable bonds is 7. The Bertz CT molecular complexity index is 1050. The van der Waals surface area contributed by atoms with E-state index < -0.39 is 0 Å². The molecule has 33 heavy (non-hydrogen) atoms. The predicted octanol–water partition coefficient (Wildman–Crippen LogP) is 5.05. The minimum absolute atomic E-state index is 0.0529. The first kappa shape index (κ1) is 22.1. The first-order valence-corrected chi connectivity index (χ1v) is 11.9. The Balaban J connectivity index is 1.27. The summed E-state index contributed by atoms with van der Waals surface area (Å²) in [6.45, 7) is 1.22. The number of hydrogen-bond acceptors (Lipinski definition) is 5. The summed E-state index contributed by atoms with van der Waals surface area (Å²) in [7, 11) is 0.